The first-order valence-electron chi connectivity index (χ1n) is 23.0. The van der Waals surface area contributed by atoms with Crippen molar-refractivity contribution in [2.75, 3.05) is 0 Å². The first-order valence-corrected chi connectivity index (χ1v) is 27.3. The Morgan fingerprint density at radius 3 is 0.581 bits per heavy atom. The number of hydrogen-bond acceptors (Lipinski definition) is 0. The summed E-state index contributed by atoms with van der Waals surface area (Å²) in [5.41, 5.74) is 17.9. The molecule has 0 unspecified atom stereocenters. The Bertz CT molecular complexity index is 3000. The van der Waals surface area contributed by atoms with Gasteiger partial charge >= 0.3 is 21.7 Å². The molecule has 0 aliphatic rings. The predicted molar refractivity (Wildman–Crippen MR) is 307 cm³/mol. The van der Waals surface area contributed by atoms with Crippen molar-refractivity contribution in [3.05, 3.63) is 253 Å². The zero-order valence-electron chi connectivity index (χ0n) is 40.5. The number of halogens is 9. The van der Waals surface area contributed by atoms with Crippen molar-refractivity contribution in [1.82, 2.24) is 0 Å². The van der Waals surface area contributed by atoms with Crippen LogP contribution in [0.1, 0.15) is 22.3 Å². The third-order valence-corrected chi connectivity index (χ3v) is 20.5. The van der Waals surface area contributed by atoms with Crippen LogP contribution in [0.25, 0.3) is 66.8 Å². The van der Waals surface area contributed by atoms with Crippen LogP contribution in [0.3, 0.4) is 0 Å². The van der Waals surface area contributed by atoms with Gasteiger partial charge in [0, 0.05) is 30.1 Å². The summed E-state index contributed by atoms with van der Waals surface area (Å²) in [6.45, 7) is 9.19. The van der Waals surface area contributed by atoms with Crippen LogP contribution < -0.4 is 58.0 Å². The maximum Gasteiger partial charge on any atom is 4.00 e. The molecular formula is C63H45Cl9SiTi. The molecule has 74 heavy (non-hydrogen) atoms. The Morgan fingerprint density at radius 1 is 0.257 bits per heavy atom. The summed E-state index contributed by atoms with van der Waals surface area (Å²) in [4.78, 5) is 0. The van der Waals surface area contributed by atoms with Gasteiger partial charge in [-0.1, -0.05) is 222 Å². The summed E-state index contributed by atoms with van der Waals surface area (Å²) in [5, 5.41) is 9.07. The summed E-state index contributed by atoms with van der Waals surface area (Å²) < 4.78 is 0. The van der Waals surface area contributed by atoms with E-state index in [2.05, 4.69) is 155 Å². The monoisotopic (exact) mass is 1190 g/mol. The molecule has 0 heterocycles. The minimum Gasteiger partial charge on any atom is -1.00 e. The van der Waals surface area contributed by atoms with Crippen LogP contribution in [-0.2, 0) is 21.7 Å². The second kappa shape index (κ2) is 24.9. The van der Waals surface area contributed by atoms with Crippen LogP contribution in [-0.4, -0.2) is 8.07 Å². The molecule has 0 saturated carbocycles. The van der Waals surface area contributed by atoms with Crippen LogP contribution in [0.15, 0.2) is 200 Å². The second-order valence-corrected chi connectivity index (χ2v) is 24.4. The summed E-state index contributed by atoms with van der Waals surface area (Å²) in [7, 11) is -3.61. The predicted octanol–water partition coefficient (Wildman–Crippen LogP) is 8.95. The van der Waals surface area contributed by atoms with E-state index in [-0.39, 0.29) is 58.9 Å². The SMILES string of the molecule is Cc1c(C)c(C)[c-]([Si](c2cc(-c3ccc(Cl)cc3)cc(-c3ccc(Cl)cc3)c2)(c2cc(-c3ccc(Cl)cc3)cc(-c3ccc(Cl)cc3)c2)c2cc(-c3ccc(Cl)cc3)cc(-c3ccc(Cl)cc3)c2)c1C.[Cl-].[Cl-].[Cl-].[Ti+4]. The van der Waals surface area contributed by atoms with Crippen LogP contribution in [0.5, 0.6) is 0 Å². The Morgan fingerprint density at radius 2 is 0.419 bits per heavy atom. The average Bonchev–Trinajstić information content (AvgIpc) is 3.56. The first-order chi connectivity index (χ1) is 33.7. The van der Waals surface area contributed by atoms with Crippen LogP contribution in [0.2, 0.25) is 30.1 Å². The fourth-order valence-electron chi connectivity index (χ4n) is 10.1. The quantitative estimate of drug-likeness (QED) is 0.0730. The zero-order valence-corrected chi connectivity index (χ0v) is 49.8. The van der Waals surface area contributed by atoms with Crippen molar-refractivity contribution >= 4 is 98.4 Å². The number of benzene rings is 9. The van der Waals surface area contributed by atoms with Crippen molar-refractivity contribution in [2.45, 2.75) is 27.7 Å². The summed E-state index contributed by atoms with van der Waals surface area (Å²) in [5.74, 6) is 0. The van der Waals surface area contributed by atoms with Gasteiger partial charge in [-0.3, -0.25) is 0 Å². The molecule has 0 bridgehead atoms. The topological polar surface area (TPSA) is 0 Å². The van der Waals surface area contributed by atoms with Crippen molar-refractivity contribution in [2.24, 2.45) is 0 Å². The molecule has 0 nitrogen and oxygen atoms in total. The van der Waals surface area contributed by atoms with Gasteiger partial charge in [-0.15, -0.1) is 5.19 Å². The van der Waals surface area contributed by atoms with Gasteiger partial charge in [0.25, 0.3) is 0 Å². The molecule has 0 radical (unpaired) electrons. The smallest absolute Gasteiger partial charge is 1.00 e. The van der Waals surface area contributed by atoms with E-state index in [0.29, 0.717) is 30.1 Å². The number of hydrogen-bond donors (Lipinski definition) is 0. The largest absolute Gasteiger partial charge is 4.00 e. The molecule has 0 aliphatic heterocycles. The van der Waals surface area contributed by atoms with Crippen LogP contribution in [0, 0.1) is 27.7 Å². The molecule has 0 saturated heterocycles. The molecule has 0 aliphatic carbocycles. The van der Waals surface area contributed by atoms with Gasteiger partial charge in [-0.05, 0) is 158 Å². The average molecular weight is 1200 g/mol. The van der Waals surface area contributed by atoms with Crippen LogP contribution in [0.4, 0.5) is 0 Å². The number of rotatable bonds is 10. The summed E-state index contributed by atoms with van der Waals surface area (Å²) >= 11 is 39.6. The van der Waals surface area contributed by atoms with Gasteiger partial charge in [-0.25, -0.2) is 0 Å². The van der Waals surface area contributed by atoms with Gasteiger partial charge in [0.15, 0.2) is 0 Å². The fraction of sp³-hybridized carbons (Fsp3) is 0.0635. The van der Waals surface area contributed by atoms with Crippen molar-refractivity contribution < 1.29 is 58.9 Å². The Labute approximate surface area is 499 Å². The molecule has 11 heteroatoms. The molecule has 0 spiro atoms. The maximum atomic E-state index is 6.60. The van der Waals surface area contributed by atoms with E-state index in [1.165, 1.54) is 43.0 Å². The standard InChI is InChI=1S/C63H45Cl6Si.3ClH.Ti/c1-38-39(2)41(4)63(40(38)3)70(60-32-48(42-5-17-54(64)18-6-42)29-49(33-60)43-7-19-55(65)20-8-43,61-34-50(44-9-21-56(66)22-10-44)30-51(35-61)45-11-23-57(67)24-12-45)62-36-52(46-13-25-58(68)26-14-46)31-53(37-62)47-15-27-59(69)28-16-47;;;;/h5-37H,1-4H3;3*1H;/q-1;;;;+4/p-3. The van der Waals surface area contributed by atoms with E-state index in [0.717, 1.165) is 66.8 Å². The van der Waals surface area contributed by atoms with Crippen molar-refractivity contribution in [3.8, 4) is 66.8 Å². The maximum absolute atomic E-state index is 6.60. The molecule has 368 valence electrons. The summed E-state index contributed by atoms with van der Waals surface area (Å²) in [6, 6.07) is 70.5. The zero-order chi connectivity index (χ0) is 48.8. The minimum absolute atomic E-state index is 0. The van der Waals surface area contributed by atoms with Gasteiger partial charge in [0.05, 0.1) is 0 Å². The molecule has 0 fully saturated rings. The van der Waals surface area contributed by atoms with E-state index in [9.17, 15) is 0 Å². The van der Waals surface area contributed by atoms with Gasteiger partial charge in [-0.2, -0.15) is 22.3 Å². The van der Waals surface area contributed by atoms with Crippen LogP contribution >= 0.6 is 69.6 Å². The third-order valence-electron chi connectivity index (χ3n) is 14.0. The molecule has 0 atom stereocenters. The Hall–Kier alpha value is -4.13. The molecule has 0 amide bonds. The van der Waals surface area contributed by atoms with Gasteiger partial charge in [0.1, 0.15) is 8.07 Å². The second-order valence-electron chi connectivity index (χ2n) is 18.1. The van der Waals surface area contributed by atoms with E-state index < -0.39 is 8.07 Å². The minimum atomic E-state index is -3.61. The Kier molecular flexibility index (Phi) is 19.9. The van der Waals surface area contributed by atoms with Crippen molar-refractivity contribution in [3.63, 3.8) is 0 Å². The molecule has 0 aromatic heterocycles. The van der Waals surface area contributed by atoms with Crippen molar-refractivity contribution in [1.29, 1.82) is 0 Å². The summed E-state index contributed by atoms with van der Waals surface area (Å²) in [6.07, 6.45) is 0. The van der Waals surface area contributed by atoms with Gasteiger partial charge < -0.3 is 37.2 Å². The molecule has 10 aromatic carbocycles. The molecule has 0 N–H and O–H groups in total. The van der Waals surface area contributed by atoms with Gasteiger partial charge in [0.2, 0.25) is 0 Å². The molecular weight excluding hydrogens is 1150 g/mol. The fourth-order valence-corrected chi connectivity index (χ4v) is 16.5. The Balaban J connectivity index is 0.00000223. The van der Waals surface area contributed by atoms with E-state index >= 15 is 0 Å². The van der Waals surface area contributed by atoms with E-state index in [4.69, 9.17) is 69.6 Å². The molecule has 10 aromatic rings. The molecule has 10 rings (SSSR count). The third kappa shape index (κ3) is 11.9. The van der Waals surface area contributed by atoms with E-state index in [1.807, 2.05) is 72.8 Å². The normalized spacial score (nSPS) is 10.9. The van der Waals surface area contributed by atoms with E-state index in [1.54, 1.807) is 0 Å². The first kappa shape index (κ1) is 59.1.